The Labute approximate surface area is 103 Å². The summed E-state index contributed by atoms with van der Waals surface area (Å²) >= 11 is 5.00. The molecule has 1 atom stereocenters. The highest BCUT2D eigenvalue weighted by Crippen LogP contribution is 2.21. The van der Waals surface area contributed by atoms with Crippen LogP contribution in [0.3, 0.4) is 0 Å². The van der Waals surface area contributed by atoms with Crippen molar-refractivity contribution in [2.45, 2.75) is 32.9 Å². The Morgan fingerprint density at radius 3 is 2.25 bits per heavy atom. The van der Waals surface area contributed by atoms with E-state index in [1.54, 1.807) is 0 Å². The first-order valence-corrected chi connectivity index (χ1v) is 6.02. The maximum Gasteiger partial charge on any atom is 0.0870 e. The summed E-state index contributed by atoms with van der Waals surface area (Å²) in [5.74, 6) is 0. The van der Waals surface area contributed by atoms with E-state index >= 15 is 0 Å². The zero-order valence-electron chi connectivity index (χ0n) is 10.2. The van der Waals surface area contributed by atoms with Crippen LogP contribution in [-0.2, 0) is 0 Å². The minimum absolute atomic E-state index is 0.336. The first-order valence-electron chi connectivity index (χ1n) is 5.61. The quantitative estimate of drug-likeness (QED) is 0.797. The largest absolute Gasteiger partial charge is 0.392 e. The number of hydrogen-bond donors (Lipinski definition) is 1. The maximum atomic E-state index is 5.64. The average Bonchev–Trinajstić information content (AvgIpc) is 2.25. The van der Waals surface area contributed by atoms with Crippen molar-refractivity contribution >= 4 is 17.2 Å². The van der Waals surface area contributed by atoms with Crippen molar-refractivity contribution in [3.63, 3.8) is 0 Å². The van der Waals surface area contributed by atoms with Crippen molar-refractivity contribution in [1.29, 1.82) is 0 Å². The Balaban J connectivity index is 2.83. The van der Waals surface area contributed by atoms with Crippen LogP contribution in [0.15, 0.2) is 30.3 Å². The van der Waals surface area contributed by atoms with Gasteiger partial charge < -0.3 is 5.73 Å². The van der Waals surface area contributed by atoms with Gasteiger partial charge in [0.15, 0.2) is 0 Å². The Hall–Kier alpha value is -0.930. The SMILES string of the molecule is CC(C)N(CC(N)=S)C(C)c1ccccc1. The van der Waals surface area contributed by atoms with Gasteiger partial charge in [0.2, 0.25) is 0 Å². The molecule has 2 N–H and O–H groups in total. The van der Waals surface area contributed by atoms with Gasteiger partial charge in [-0.15, -0.1) is 0 Å². The van der Waals surface area contributed by atoms with E-state index in [-0.39, 0.29) is 0 Å². The number of benzene rings is 1. The van der Waals surface area contributed by atoms with E-state index in [4.69, 9.17) is 18.0 Å². The van der Waals surface area contributed by atoms with Gasteiger partial charge in [-0.25, -0.2) is 0 Å². The van der Waals surface area contributed by atoms with E-state index in [0.29, 0.717) is 23.6 Å². The second kappa shape index (κ2) is 5.97. The van der Waals surface area contributed by atoms with Crippen molar-refractivity contribution < 1.29 is 0 Å². The molecule has 0 spiro atoms. The maximum absolute atomic E-state index is 5.64. The molecule has 16 heavy (non-hydrogen) atoms. The lowest BCUT2D eigenvalue weighted by molar-refractivity contribution is 0.192. The highest BCUT2D eigenvalue weighted by molar-refractivity contribution is 7.80. The standard InChI is InChI=1S/C13H20N2S/c1-10(2)15(9-13(14)16)11(3)12-7-5-4-6-8-12/h4-8,10-11H,9H2,1-3H3,(H2,14,16). The fourth-order valence-corrected chi connectivity index (χ4v) is 2.02. The third-order valence-corrected chi connectivity index (χ3v) is 2.91. The third kappa shape index (κ3) is 3.58. The Kier molecular flexibility index (Phi) is 4.90. The van der Waals surface area contributed by atoms with Crippen LogP contribution in [0.25, 0.3) is 0 Å². The lowest BCUT2D eigenvalue weighted by Gasteiger charge is -2.32. The molecule has 0 heterocycles. The molecule has 0 aliphatic heterocycles. The molecule has 2 nitrogen and oxygen atoms in total. The normalized spacial score (nSPS) is 13.1. The molecule has 0 bridgehead atoms. The number of rotatable bonds is 5. The fraction of sp³-hybridized carbons (Fsp3) is 0.462. The molecule has 0 fully saturated rings. The van der Waals surface area contributed by atoms with Gasteiger partial charge in [-0.05, 0) is 26.3 Å². The lowest BCUT2D eigenvalue weighted by atomic mass is 10.1. The topological polar surface area (TPSA) is 29.3 Å². The summed E-state index contributed by atoms with van der Waals surface area (Å²) < 4.78 is 0. The summed E-state index contributed by atoms with van der Waals surface area (Å²) in [4.78, 5) is 2.86. The summed E-state index contributed by atoms with van der Waals surface area (Å²) in [5.41, 5.74) is 6.94. The van der Waals surface area contributed by atoms with Crippen LogP contribution in [0.2, 0.25) is 0 Å². The fourth-order valence-electron chi connectivity index (χ4n) is 1.87. The lowest BCUT2D eigenvalue weighted by Crippen LogP contribution is -2.39. The van der Waals surface area contributed by atoms with Crippen LogP contribution in [0.4, 0.5) is 0 Å². The Morgan fingerprint density at radius 2 is 1.81 bits per heavy atom. The van der Waals surface area contributed by atoms with E-state index in [9.17, 15) is 0 Å². The van der Waals surface area contributed by atoms with Gasteiger partial charge in [0.05, 0.1) is 4.99 Å². The minimum Gasteiger partial charge on any atom is -0.392 e. The molecule has 0 amide bonds. The molecule has 0 saturated heterocycles. The molecule has 3 heteroatoms. The molecule has 1 aromatic rings. The predicted molar refractivity (Wildman–Crippen MR) is 73.5 cm³/mol. The van der Waals surface area contributed by atoms with Crippen LogP contribution >= 0.6 is 12.2 Å². The zero-order valence-corrected chi connectivity index (χ0v) is 11.0. The number of hydrogen-bond acceptors (Lipinski definition) is 2. The van der Waals surface area contributed by atoms with Crippen molar-refractivity contribution in [1.82, 2.24) is 4.90 Å². The monoisotopic (exact) mass is 236 g/mol. The molecule has 1 aromatic carbocycles. The average molecular weight is 236 g/mol. The number of nitrogens with zero attached hydrogens (tertiary/aromatic N) is 1. The van der Waals surface area contributed by atoms with Gasteiger partial charge in [0.1, 0.15) is 0 Å². The van der Waals surface area contributed by atoms with Crippen LogP contribution in [-0.4, -0.2) is 22.5 Å². The van der Waals surface area contributed by atoms with Crippen molar-refractivity contribution in [2.24, 2.45) is 5.73 Å². The first kappa shape index (κ1) is 13.1. The van der Waals surface area contributed by atoms with Gasteiger partial charge in [0.25, 0.3) is 0 Å². The Morgan fingerprint density at radius 1 is 1.25 bits per heavy atom. The van der Waals surface area contributed by atoms with E-state index in [1.165, 1.54) is 5.56 Å². The van der Waals surface area contributed by atoms with Gasteiger partial charge in [-0.1, -0.05) is 42.5 Å². The minimum atomic E-state index is 0.336. The van der Waals surface area contributed by atoms with Gasteiger partial charge in [-0.2, -0.15) is 0 Å². The van der Waals surface area contributed by atoms with Gasteiger partial charge in [-0.3, -0.25) is 4.90 Å². The van der Waals surface area contributed by atoms with Crippen molar-refractivity contribution in [3.8, 4) is 0 Å². The summed E-state index contributed by atoms with van der Waals surface area (Å²) in [7, 11) is 0. The summed E-state index contributed by atoms with van der Waals surface area (Å²) in [6, 6.07) is 11.2. The van der Waals surface area contributed by atoms with Crippen LogP contribution in [0, 0.1) is 0 Å². The van der Waals surface area contributed by atoms with E-state index in [1.807, 2.05) is 6.07 Å². The summed E-state index contributed by atoms with van der Waals surface area (Å²) in [5, 5.41) is 0. The molecular formula is C13H20N2S. The van der Waals surface area contributed by atoms with Crippen LogP contribution in [0.5, 0.6) is 0 Å². The molecule has 1 rings (SSSR count). The highest BCUT2D eigenvalue weighted by Gasteiger charge is 2.18. The molecule has 0 radical (unpaired) electrons. The molecule has 0 aliphatic carbocycles. The Bertz CT molecular complexity index is 335. The molecule has 0 aliphatic rings. The molecule has 0 saturated carbocycles. The summed E-state index contributed by atoms with van der Waals surface area (Å²) in [6.45, 7) is 7.19. The van der Waals surface area contributed by atoms with E-state index < -0.39 is 0 Å². The zero-order chi connectivity index (χ0) is 12.1. The predicted octanol–water partition coefficient (Wildman–Crippen LogP) is 2.74. The van der Waals surface area contributed by atoms with Gasteiger partial charge >= 0.3 is 0 Å². The molecule has 1 unspecified atom stereocenters. The van der Waals surface area contributed by atoms with Crippen molar-refractivity contribution in [3.05, 3.63) is 35.9 Å². The van der Waals surface area contributed by atoms with E-state index in [0.717, 1.165) is 0 Å². The third-order valence-electron chi connectivity index (χ3n) is 2.78. The second-order valence-corrected chi connectivity index (χ2v) is 4.84. The van der Waals surface area contributed by atoms with Gasteiger partial charge in [0, 0.05) is 18.6 Å². The van der Waals surface area contributed by atoms with Crippen LogP contribution < -0.4 is 5.73 Å². The molecular weight excluding hydrogens is 216 g/mol. The number of thiocarbonyl (C=S) groups is 1. The number of nitrogens with two attached hydrogens (primary N) is 1. The van der Waals surface area contributed by atoms with Crippen molar-refractivity contribution in [2.75, 3.05) is 6.54 Å². The van der Waals surface area contributed by atoms with E-state index in [2.05, 4.69) is 49.9 Å². The first-order chi connectivity index (χ1) is 7.52. The smallest absolute Gasteiger partial charge is 0.0870 e. The molecule has 88 valence electrons. The second-order valence-electron chi connectivity index (χ2n) is 4.32. The summed E-state index contributed by atoms with van der Waals surface area (Å²) in [6.07, 6.45) is 0. The highest BCUT2D eigenvalue weighted by atomic mass is 32.1. The molecule has 0 aromatic heterocycles. The van der Waals surface area contributed by atoms with Crippen LogP contribution in [0.1, 0.15) is 32.4 Å².